The predicted octanol–water partition coefficient (Wildman–Crippen LogP) is 3.57. The fraction of sp³-hybridized carbons (Fsp3) is 0.158. The van der Waals surface area contributed by atoms with Crippen molar-refractivity contribution in [2.75, 3.05) is 17.2 Å². The zero-order chi connectivity index (χ0) is 18.2. The fourth-order valence-electron chi connectivity index (χ4n) is 3.33. The first-order valence-corrected chi connectivity index (χ1v) is 9.56. The quantitative estimate of drug-likeness (QED) is 0.532. The number of hydrogen-bond donors (Lipinski definition) is 2. The minimum Gasteiger partial charge on any atom is -0.382 e. The Morgan fingerprint density at radius 2 is 2.07 bits per heavy atom. The van der Waals surface area contributed by atoms with Crippen molar-refractivity contribution in [3.8, 4) is 11.5 Å². The third-order valence-corrected chi connectivity index (χ3v) is 5.45. The number of hydrogen-bond acceptors (Lipinski definition) is 7. The molecule has 0 fully saturated rings. The van der Waals surface area contributed by atoms with Crippen molar-refractivity contribution < 1.29 is 0 Å². The van der Waals surface area contributed by atoms with Crippen LogP contribution < -0.4 is 10.6 Å². The van der Waals surface area contributed by atoms with Gasteiger partial charge in [0.1, 0.15) is 5.69 Å². The average molecular weight is 375 g/mol. The first-order chi connectivity index (χ1) is 13.3. The number of para-hydroxylation sites is 2. The molecule has 0 bridgehead atoms. The van der Waals surface area contributed by atoms with Crippen molar-refractivity contribution in [1.29, 1.82) is 0 Å². The summed E-state index contributed by atoms with van der Waals surface area (Å²) in [4.78, 5) is 23.9. The van der Waals surface area contributed by atoms with E-state index in [-0.39, 0.29) is 6.04 Å². The Hall–Kier alpha value is -3.26. The zero-order valence-electron chi connectivity index (χ0n) is 14.4. The van der Waals surface area contributed by atoms with Crippen LogP contribution in [-0.4, -0.2) is 31.5 Å². The Balaban J connectivity index is 1.57. The van der Waals surface area contributed by atoms with Crippen LogP contribution in [0, 0.1) is 0 Å². The maximum Gasteiger partial charge on any atom is 0.186 e. The lowest BCUT2D eigenvalue weighted by Crippen LogP contribution is -2.31. The highest BCUT2D eigenvalue weighted by Gasteiger charge is 2.26. The van der Waals surface area contributed by atoms with E-state index < -0.39 is 0 Å². The van der Waals surface area contributed by atoms with Gasteiger partial charge in [0.25, 0.3) is 0 Å². The van der Waals surface area contributed by atoms with Gasteiger partial charge in [0.2, 0.25) is 0 Å². The van der Waals surface area contributed by atoms with E-state index in [9.17, 15) is 0 Å². The molecule has 5 rings (SSSR count). The molecule has 3 N–H and O–H groups in total. The maximum absolute atomic E-state index is 6.13. The van der Waals surface area contributed by atoms with Crippen LogP contribution in [0.25, 0.3) is 22.6 Å². The molecule has 134 valence electrons. The smallest absolute Gasteiger partial charge is 0.186 e. The highest BCUT2D eigenvalue weighted by atomic mass is 32.1. The lowest BCUT2D eigenvalue weighted by Gasteiger charge is -2.32. The molecule has 4 aromatic rings. The van der Waals surface area contributed by atoms with Gasteiger partial charge in [-0.05, 0) is 18.6 Å². The predicted molar refractivity (Wildman–Crippen MR) is 107 cm³/mol. The van der Waals surface area contributed by atoms with Crippen molar-refractivity contribution in [3.63, 3.8) is 0 Å². The number of fused-ring (bicyclic) bond motifs is 1. The summed E-state index contributed by atoms with van der Waals surface area (Å²) in [6.45, 7) is 0.796. The first-order valence-electron chi connectivity index (χ1n) is 8.68. The summed E-state index contributed by atoms with van der Waals surface area (Å²) < 4.78 is 0. The van der Waals surface area contributed by atoms with E-state index in [4.69, 9.17) is 10.7 Å². The van der Waals surface area contributed by atoms with E-state index in [1.807, 2.05) is 35.8 Å². The standard InChI is InChI=1S/C19H17N7S/c20-17-16(18-24-12-5-1-2-6-13(12)25-18)23-14(11-22-17)15-7-3-4-9-26(15)19-21-8-10-27-19/h1-6,8,10-11,15H,7,9H2,(H2,20,22)(H,24,25). The number of nitrogen functional groups attached to an aromatic ring is 1. The summed E-state index contributed by atoms with van der Waals surface area (Å²) >= 11 is 1.62. The van der Waals surface area contributed by atoms with Crippen LogP contribution in [0.5, 0.6) is 0 Å². The number of aromatic nitrogens is 5. The van der Waals surface area contributed by atoms with Crippen molar-refractivity contribution in [2.24, 2.45) is 0 Å². The number of nitrogens with two attached hydrogens (primary N) is 1. The molecule has 0 saturated carbocycles. The number of H-pyrrole nitrogens is 1. The van der Waals surface area contributed by atoms with E-state index in [1.54, 1.807) is 17.5 Å². The Labute approximate surface area is 159 Å². The van der Waals surface area contributed by atoms with Gasteiger partial charge in [-0.1, -0.05) is 24.3 Å². The topological polar surface area (TPSA) is 96.6 Å². The summed E-state index contributed by atoms with van der Waals surface area (Å²) in [6.07, 6.45) is 8.75. The van der Waals surface area contributed by atoms with Crippen molar-refractivity contribution in [2.45, 2.75) is 12.5 Å². The van der Waals surface area contributed by atoms with Gasteiger partial charge in [0, 0.05) is 18.1 Å². The summed E-state index contributed by atoms with van der Waals surface area (Å²) in [5.41, 5.74) is 9.40. The van der Waals surface area contributed by atoms with E-state index in [1.165, 1.54) is 0 Å². The molecule has 8 heteroatoms. The van der Waals surface area contributed by atoms with E-state index in [2.05, 4.69) is 37.0 Å². The highest BCUT2D eigenvalue weighted by Crippen LogP contribution is 2.34. The molecule has 1 aromatic carbocycles. The molecule has 0 amide bonds. The molecule has 1 aliphatic heterocycles. The second-order valence-electron chi connectivity index (χ2n) is 6.32. The maximum atomic E-state index is 6.13. The summed E-state index contributed by atoms with van der Waals surface area (Å²) in [6, 6.07) is 7.93. The van der Waals surface area contributed by atoms with Gasteiger partial charge in [0.05, 0.1) is 29.0 Å². The molecule has 7 nitrogen and oxygen atoms in total. The molecule has 1 unspecified atom stereocenters. The van der Waals surface area contributed by atoms with Crippen LogP contribution in [0.1, 0.15) is 18.2 Å². The summed E-state index contributed by atoms with van der Waals surface area (Å²) in [7, 11) is 0. The van der Waals surface area contributed by atoms with Gasteiger partial charge < -0.3 is 15.6 Å². The molecule has 3 aromatic heterocycles. The third-order valence-electron chi connectivity index (χ3n) is 4.64. The average Bonchev–Trinajstić information content (AvgIpc) is 3.38. The van der Waals surface area contributed by atoms with Crippen LogP contribution >= 0.6 is 11.3 Å². The van der Waals surface area contributed by atoms with E-state index >= 15 is 0 Å². The molecule has 0 aliphatic carbocycles. The Morgan fingerprint density at radius 3 is 2.93 bits per heavy atom. The molecule has 27 heavy (non-hydrogen) atoms. The van der Waals surface area contributed by atoms with Crippen LogP contribution in [0.2, 0.25) is 0 Å². The lowest BCUT2D eigenvalue weighted by molar-refractivity contribution is 0.615. The normalized spacial score (nSPS) is 16.9. The molecule has 4 heterocycles. The van der Waals surface area contributed by atoms with Crippen molar-refractivity contribution in [1.82, 2.24) is 24.9 Å². The second-order valence-corrected chi connectivity index (χ2v) is 7.19. The minimum atomic E-state index is 0.0670. The van der Waals surface area contributed by atoms with Crippen LogP contribution in [0.3, 0.4) is 0 Å². The van der Waals surface area contributed by atoms with Crippen molar-refractivity contribution in [3.05, 3.63) is 59.9 Å². The molecule has 0 saturated heterocycles. The Kier molecular flexibility index (Phi) is 3.83. The SMILES string of the molecule is Nc1ncc(C2CC=CCN2c2nccs2)nc1-c1nc2ccccc2[nH]1. The number of nitrogens with one attached hydrogen (secondary N) is 1. The lowest BCUT2D eigenvalue weighted by atomic mass is 10.1. The monoisotopic (exact) mass is 375 g/mol. The molecule has 0 radical (unpaired) electrons. The van der Waals surface area contributed by atoms with Gasteiger partial charge in [-0.3, -0.25) is 0 Å². The highest BCUT2D eigenvalue weighted by molar-refractivity contribution is 7.13. The third kappa shape index (κ3) is 2.83. The van der Waals surface area contributed by atoms with Gasteiger partial charge in [-0.2, -0.15) is 0 Å². The first kappa shape index (κ1) is 16.0. The molecule has 0 spiro atoms. The Bertz CT molecular complexity index is 1080. The number of thiazole rings is 1. The van der Waals surface area contributed by atoms with Gasteiger partial charge in [-0.15, -0.1) is 11.3 Å². The molecular formula is C19H17N7S. The van der Waals surface area contributed by atoms with Crippen LogP contribution in [0.4, 0.5) is 10.9 Å². The number of rotatable bonds is 3. The van der Waals surface area contributed by atoms with Crippen LogP contribution in [0.15, 0.2) is 54.2 Å². The second kappa shape index (κ2) is 6.48. The van der Waals surface area contributed by atoms with E-state index in [0.717, 1.165) is 34.8 Å². The van der Waals surface area contributed by atoms with E-state index in [0.29, 0.717) is 17.3 Å². The fourth-order valence-corrected chi connectivity index (χ4v) is 4.03. The van der Waals surface area contributed by atoms with Gasteiger partial charge in [-0.25, -0.2) is 19.9 Å². The zero-order valence-corrected chi connectivity index (χ0v) is 15.2. The molecule has 1 aliphatic rings. The van der Waals surface area contributed by atoms with Crippen molar-refractivity contribution >= 4 is 33.3 Å². The number of benzene rings is 1. The van der Waals surface area contributed by atoms with Crippen LogP contribution in [-0.2, 0) is 0 Å². The summed E-state index contributed by atoms with van der Waals surface area (Å²) in [5, 5.41) is 2.97. The molecule has 1 atom stereocenters. The minimum absolute atomic E-state index is 0.0670. The molecular weight excluding hydrogens is 358 g/mol. The number of imidazole rings is 1. The summed E-state index contributed by atoms with van der Waals surface area (Å²) in [5.74, 6) is 1.00. The number of aromatic amines is 1. The Morgan fingerprint density at radius 1 is 1.15 bits per heavy atom. The van der Waals surface area contributed by atoms with Gasteiger partial charge in [0.15, 0.2) is 16.8 Å². The number of anilines is 2. The van der Waals surface area contributed by atoms with Gasteiger partial charge >= 0.3 is 0 Å². The largest absolute Gasteiger partial charge is 0.382 e. The number of nitrogens with zero attached hydrogens (tertiary/aromatic N) is 5.